The third-order valence-corrected chi connectivity index (χ3v) is 4.76. The summed E-state index contributed by atoms with van der Waals surface area (Å²) in [6, 6.07) is 8.66. The minimum atomic E-state index is 0.509. The molecule has 21 heavy (non-hydrogen) atoms. The van der Waals surface area contributed by atoms with E-state index in [4.69, 9.17) is 0 Å². The van der Waals surface area contributed by atoms with E-state index in [0.29, 0.717) is 5.92 Å². The summed E-state index contributed by atoms with van der Waals surface area (Å²) in [6.45, 7) is 12.2. The van der Waals surface area contributed by atoms with Gasteiger partial charge < -0.3 is 0 Å². The first-order valence-electron chi connectivity index (χ1n) is 8.05. The number of hydrogen-bond donors (Lipinski definition) is 0. The van der Waals surface area contributed by atoms with Crippen molar-refractivity contribution in [1.82, 2.24) is 0 Å². The maximum atomic E-state index is 4.59. The van der Waals surface area contributed by atoms with E-state index in [-0.39, 0.29) is 0 Å². The van der Waals surface area contributed by atoms with Crippen LogP contribution in [-0.4, -0.2) is 12.8 Å². The fourth-order valence-electron chi connectivity index (χ4n) is 3.07. The van der Waals surface area contributed by atoms with Crippen LogP contribution >= 0.6 is 0 Å². The summed E-state index contributed by atoms with van der Waals surface area (Å²) >= 11 is 0. The maximum absolute atomic E-state index is 4.59. The van der Waals surface area contributed by atoms with Gasteiger partial charge in [-0.15, -0.1) is 0 Å². The molecule has 0 spiro atoms. The molecule has 0 radical (unpaired) electrons. The number of nitrogens with zero attached hydrogens (tertiary/aromatic N) is 1. The van der Waals surface area contributed by atoms with Gasteiger partial charge in [0.05, 0.1) is 0 Å². The number of allylic oxidation sites excluding steroid dienone is 4. The van der Waals surface area contributed by atoms with Gasteiger partial charge in [0.1, 0.15) is 0 Å². The highest BCUT2D eigenvalue weighted by molar-refractivity contribution is 5.92. The summed E-state index contributed by atoms with van der Waals surface area (Å²) in [5, 5.41) is 0. The van der Waals surface area contributed by atoms with Gasteiger partial charge in [-0.2, -0.15) is 0 Å². The highest BCUT2D eigenvalue weighted by Gasteiger charge is 2.25. The van der Waals surface area contributed by atoms with Crippen LogP contribution in [0.25, 0.3) is 5.57 Å². The van der Waals surface area contributed by atoms with Gasteiger partial charge in [0.15, 0.2) is 0 Å². The predicted octanol–water partition coefficient (Wildman–Crippen LogP) is 5.67. The van der Waals surface area contributed by atoms with Crippen LogP contribution in [-0.2, 0) is 0 Å². The van der Waals surface area contributed by atoms with Crippen LogP contribution in [0, 0.1) is 5.92 Å². The van der Waals surface area contributed by atoms with E-state index in [1.807, 2.05) is 0 Å². The highest BCUT2D eigenvalue weighted by atomic mass is 14.7. The lowest BCUT2D eigenvalue weighted by molar-refractivity contribution is 0.810. The first-order valence-corrected chi connectivity index (χ1v) is 8.05. The molecule has 0 amide bonds. The number of benzene rings is 1. The van der Waals surface area contributed by atoms with Gasteiger partial charge in [-0.25, -0.2) is 0 Å². The van der Waals surface area contributed by atoms with Gasteiger partial charge in [0.2, 0.25) is 0 Å². The van der Waals surface area contributed by atoms with Crippen molar-refractivity contribution in [2.75, 3.05) is 6.54 Å². The van der Waals surface area contributed by atoms with Crippen molar-refractivity contribution < 1.29 is 0 Å². The number of aliphatic imine (C=N–C) groups is 1. The summed E-state index contributed by atoms with van der Waals surface area (Å²) in [7, 11) is 0. The average Bonchev–Trinajstić information content (AvgIpc) is 2.68. The number of unbranched alkanes of at least 4 members (excludes halogenated alkanes) is 1. The van der Waals surface area contributed by atoms with E-state index in [1.165, 1.54) is 39.8 Å². The van der Waals surface area contributed by atoms with Crippen LogP contribution in [0.15, 0.2) is 46.0 Å². The molecular weight excluding hydrogens is 254 g/mol. The fraction of sp³-hybridized carbons (Fsp3) is 0.450. The SMILES string of the molecule is CCCC/N=C\c1ccccc1C1=C(C)C(C)=C(C)C1C. The minimum Gasteiger partial charge on any atom is -0.293 e. The standard InChI is InChI=1S/C20H27N/c1-6-7-12-21-13-18-10-8-9-11-19(18)20-16(4)14(2)15(3)17(20)5/h8-11,13,16H,6-7,12H2,1-5H3/b21-13-. The molecule has 1 aromatic rings. The Bertz CT molecular complexity index is 602. The van der Waals surface area contributed by atoms with Crippen LogP contribution in [0.3, 0.4) is 0 Å². The summed E-state index contributed by atoms with van der Waals surface area (Å²) < 4.78 is 0. The van der Waals surface area contributed by atoms with E-state index < -0.39 is 0 Å². The van der Waals surface area contributed by atoms with Gasteiger partial charge in [-0.05, 0) is 55.0 Å². The Kier molecular flexibility index (Phi) is 5.17. The van der Waals surface area contributed by atoms with Crippen molar-refractivity contribution >= 4 is 11.8 Å². The Labute approximate surface area is 129 Å². The van der Waals surface area contributed by atoms with Crippen LogP contribution in [0.2, 0.25) is 0 Å². The van der Waals surface area contributed by atoms with Crippen molar-refractivity contribution in [2.24, 2.45) is 10.9 Å². The zero-order chi connectivity index (χ0) is 15.4. The second kappa shape index (κ2) is 6.89. The first-order chi connectivity index (χ1) is 10.1. The third kappa shape index (κ3) is 3.18. The molecule has 1 heteroatoms. The van der Waals surface area contributed by atoms with Gasteiger partial charge in [0, 0.05) is 18.7 Å². The van der Waals surface area contributed by atoms with Crippen molar-refractivity contribution in [1.29, 1.82) is 0 Å². The van der Waals surface area contributed by atoms with Crippen molar-refractivity contribution in [2.45, 2.75) is 47.5 Å². The lowest BCUT2D eigenvalue weighted by Gasteiger charge is -2.15. The molecule has 1 atom stereocenters. The minimum absolute atomic E-state index is 0.509. The molecule has 1 unspecified atom stereocenters. The molecule has 1 aromatic carbocycles. The molecule has 1 aliphatic rings. The molecular formula is C20H27N. The average molecular weight is 281 g/mol. The Morgan fingerprint density at radius 2 is 1.81 bits per heavy atom. The van der Waals surface area contributed by atoms with Gasteiger partial charge in [0.25, 0.3) is 0 Å². The normalized spacial score (nSPS) is 19.2. The molecule has 0 aromatic heterocycles. The predicted molar refractivity (Wildman–Crippen MR) is 93.9 cm³/mol. The highest BCUT2D eigenvalue weighted by Crippen LogP contribution is 2.42. The molecule has 0 aliphatic heterocycles. The zero-order valence-corrected chi connectivity index (χ0v) is 14.0. The van der Waals surface area contributed by atoms with Gasteiger partial charge >= 0.3 is 0 Å². The molecule has 2 rings (SSSR count). The monoisotopic (exact) mass is 281 g/mol. The molecule has 0 fully saturated rings. The largest absolute Gasteiger partial charge is 0.293 e. The Morgan fingerprint density at radius 1 is 1.10 bits per heavy atom. The second-order valence-electron chi connectivity index (χ2n) is 6.04. The smallest absolute Gasteiger partial charge is 0.0389 e. The molecule has 0 saturated heterocycles. The van der Waals surface area contributed by atoms with Crippen LogP contribution < -0.4 is 0 Å². The van der Waals surface area contributed by atoms with E-state index >= 15 is 0 Å². The third-order valence-electron chi connectivity index (χ3n) is 4.76. The van der Waals surface area contributed by atoms with Crippen molar-refractivity contribution in [3.63, 3.8) is 0 Å². The lowest BCUT2D eigenvalue weighted by atomic mass is 9.89. The van der Waals surface area contributed by atoms with E-state index in [1.54, 1.807) is 0 Å². The molecule has 1 aliphatic carbocycles. The zero-order valence-electron chi connectivity index (χ0n) is 14.0. The van der Waals surface area contributed by atoms with Crippen molar-refractivity contribution in [3.05, 3.63) is 52.1 Å². The lowest BCUT2D eigenvalue weighted by Crippen LogP contribution is -2.01. The molecule has 1 nitrogen and oxygen atoms in total. The molecule has 0 N–H and O–H groups in total. The first kappa shape index (κ1) is 15.8. The molecule has 0 saturated carbocycles. The Morgan fingerprint density at radius 3 is 2.43 bits per heavy atom. The topological polar surface area (TPSA) is 12.4 Å². The van der Waals surface area contributed by atoms with Gasteiger partial charge in [-0.3, -0.25) is 4.99 Å². The second-order valence-corrected chi connectivity index (χ2v) is 6.04. The fourth-order valence-corrected chi connectivity index (χ4v) is 3.07. The Hall–Kier alpha value is -1.63. The van der Waals surface area contributed by atoms with Crippen LogP contribution in [0.5, 0.6) is 0 Å². The molecule has 0 heterocycles. The molecule has 0 bridgehead atoms. The van der Waals surface area contributed by atoms with Crippen molar-refractivity contribution in [3.8, 4) is 0 Å². The summed E-state index contributed by atoms with van der Waals surface area (Å²) in [5.74, 6) is 0.509. The van der Waals surface area contributed by atoms with Gasteiger partial charge in [-0.1, -0.05) is 50.1 Å². The van der Waals surface area contributed by atoms with E-state index in [2.05, 4.69) is 70.1 Å². The summed E-state index contributed by atoms with van der Waals surface area (Å²) in [5.41, 5.74) is 8.46. The van der Waals surface area contributed by atoms with Crippen LogP contribution in [0.4, 0.5) is 0 Å². The molecule has 112 valence electrons. The number of rotatable bonds is 5. The quantitative estimate of drug-likeness (QED) is 0.487. The Balaban J connectivity index is 2.36. The number of hydrogen-bond acceptors (Lipinski definition) is 1. The maximum Gasteiger partial charge on any atom is 0.0389 e. The van der Waals surface area contributed by atoms with Crippen LogP contribution in [0.1, 0.15) is 58.6 Å². The summed E-state index contributed by atoms with van der Waals surface area (Å²) in [4.78, 5) is 4.59. The summed E-state index contributed by atoms with van der Waals surface area (Å²) in [6.07, 6.45) is 4.42. The van der Waals surface area contributed by atoms with E-state index in [0.717, 1.165) is 13.0 Å². The van der Waals surface area contributed by atoms with E-state index in [9.17, 15) is 0 Å².